The van der Waals surface area contributed by atoms with Crippen LogP contribution in [0.2, 0.25) is 0 Å². The van der Waals surface area contributed by atoms with Crippen LogP contribution in [0.15, 0.2) is 67.0 Å². The van der Waals surface area contributed by atoms with Gasteiger partial charge < -0.3 is 16.0 Å². The summed E-state index contributed by atoms with van der Waals surface area (Å²) in [6.07, 6.45) is 1.78. The number of hydrogen-bond acceptors (Lipinski definition) is 4. The van der Waals surface area contributed by atoms with Crippen LogP contribution >= 0.6 is 0 Å². The molecule has 4 rings (SSSR count). The van der Waals surface area contributed by atoms with Crippen molar-refractivity contribution in [2.45, 2.75) is 6.42 Å². The van der Waals surface area contributed by atoms with Crippen molar-refractivity contribution < 1.29 is 39.7 Å². The Morgan fingerprint density at radius 3 is 2.47 bits per heavy atom. The Balaban J connectivity index is 0.00000171. The summed E-state index contributed by atoms with van der Waals surface area (Å²) >= 11 is 0. The minimum absolute atomic E-state index is 0. The first kappa shape index (κ1) is 21.5. The molecular formula is C23H21LiN2O4. The number of rotatable bonds is 6. The number of carbonyl (C=O) groups is 1. The van der Waals surface area contributed by atoms with Crippen LogP contribution in [0.1, 0.15) is 6.99 Å². The van der Waals surface area contributed by atoms with Crippen molar-refractivity contribution in [2.75, 3.05) is 14.2 Å². The van der Waals surface area contributed by atoms with E-state index >= 15 is 0 Å². The first-order valence-electron chi connectivity index (χ1n) is 9.09. The fourth-order valence-corrected chi connectivity index (χ4v) is 3.37. The molecule has 148 valence electrons. The van der Waals surface area contributed by atoms with E-state index in [1.165, 1.54) is 0 Å². The van der Waals surface area contributed by atoms with Gasteiger partial charge in [-0.3, -0.25) is 9.36 Å². The van der Waals surface area contributed by atoms with Crippen molar-refractivity contribution in [2.24, 2.45) is 0 Å². The van der Waals surface area contributed by atoms with E-state index in [1.807, 2.05) is 65.2 Å². The van der Waals surface area contributed by atoms with Crippen LogP contribution in [0.3, 0.4) is 0 Å². The summed E-state index contributed by atoms with van der Waals surface area (Å²) in [5.74, 6) is 0.631. The van der Waals surface area contributed by atoms with Crippen LogP contribution in [-0.4, -0.2) is 34.8 Å². The molecule has 0 saturated heterocycles. The van der Waals surface area contributed by atoms with Gasteiger partial charge in [0.1, 0.15) is 17.8 Å². The SMILES string of the molecule is COc1ccc(-c2ccc3c(c2)ncn3-c2ccc(CC(=O)O)cc2)c(OC)c1.[H-].[Li+]. The van der Waals surface area contributed by atoms with E-state index in [0.717, 1.165) is 44.9 Å². The molecule has 0 radical (unpaired) electrons. The predicted molar refractivity (Wildman–Crippen MR) is 112 cm³/mol. The summed E-state index contributed by atoms with van der Waals surface area (Å²) in [7, 11) is 3.26. The van der Waals surface area contributed by atoms with Gasteiger partial charge in [0.05, 0.1) is 31.7 Å². The van der Waals surface area contributed by atoms with Crippen molar-refractivity contribution in [1.29, 1.82) is 0 Å². The first-order chi connectivity index (χ1) is 14.1. The molecule has 1 aromatic heterocycles. The zero-order valence-corrected chi connectivity index (χ0v) is 17.1. The van der Waals surface area contributed by atoms with Crippen molar-refractivity contribution >= 4 is 17.0 Å². The molecular weight excluding hydrogens is 375 g/mol. The number of imidazole rings is 1. The summed E-state index contributed by atoms with van der Waals surface area (Å²) in [6.45, 7) is 0. The summed E-state index contributed by atoms with van der Waals surface area (Å²) in [5.41, 5.74) is 5.47. The molecule has 0 amide bonds. The maximum Gasteiger partial charge on any atom is 1.00 e. The number of methoxy groups -OCH3 is 2. The second-order valence-corrected chi connectivity index (χ2v) is 6.62. The molecule has 0 aliphatic carbocycles. The van der Waals surface area contributed by atoms with Gasteiger partial charge in [-0.05, 0) is 47.5 Å². The van der Waals surface area contributed by atoms with Gasteiger partial charge in [-0.1, -0.05) is 18.2 Å². The number of aliphatic carboxylic acids is 1. The standard InChI is InChI=1S/C23H20N2O4.Li.H/c1-28-18-8-9-19(22(13-18)29-2)16-5-10-21-20(12-16)24-14-25(21)17-6-3-15(4-7-17)11-23(26)27;;/h3-10,12-14H,11H2,1-2H3,(H,26,27);;/q;+1;-1. The van der Waals surface area contributed by atoms with E-state index in [1.54, 1.807) is 20.5 Å². The number of carboxylic acid groups (broad SMARTS) is 1. The van der Waals surface area contributed by atoms with Crippen LogP contribution in [0, 0.1) is 0 Å². The number of benzene rings is 3. The summed E-state index contributed by atoms with van der Waals surface area (Å²) < 4.78 is 12.8. The molecule has 0 spiro atoms. The Kier molecular flexibility index (Phi) is 6.51. The maximum atomic E-state index is 10.9. The van der Waals surface area contributed by atoms with E-state index in [4.69, 9.17) is 14.6 Å². The molecule has 0 bridgehead atoms. The van der Waals surface area contributed by atoms with Gasteiger partial charge in [-0.2, -0.15) is 0 Å². The van der Waals surface area contributed by atoms with Gasteiger partial charge in [0.2, 0.25) is 0 Å². The van der Waals surface area contributed by atoms with Crippen molar-refractivity contribution in [3.05, 3.63) is 72.6 Å². The molecule has 30 heavy (non-hydrogen) atoms. The van der Waals surface area contributed by atoms with E-state index < -0.39 is 5.97 Å². The van der Waals surface area contributed by atoms with Gasteiger partial charge >= 0.3 is 24.8 Å². The van der Waals surface area contributed by atoms with Crippen molar-refractivity contribution in [3.8, 4) is 28.3 Å². The van der Waals surface area contributed by atoms with Crippen LogP contribution in [0.4, 0.5) is 0 Å². The van der Waals surface area contributed by atoms with Crippen LogP contribution in [-0.2, 0) is 11.2 Å². The van der Waals surface area contributed by atoms with E-state index in [-0.39, 0.29) is 26.7 Å². The molecule has 4 aromatic rings. The molecule has 6 nitrogen and oxygen atoms in total. The molecule has 0 aliphatic heterocycles. The third-order valence-electron chi connectivity index (χ3n) is 4.84. The minimum atomic E-state index is -0.840. The average molecular weight is 396 g/mol. The second-order valence-electron chi connectivity index (χ2n) is 6.62. The number of carboxylic acids is 1. The first-order valence-corrected chi connectivity index (χ1v) is 9.09. The summed E-state index contributed by atoms with van der Waals surface area (Å²) in [5, 5.41) is 8.92. The molecule has 0 fully saturated rings. The summed E-state index contributed by atoms with van der Waals surface area (Å²) in [6, 6.07) is 19.3. The fraction of sp³-hybridized carbons (Fsp3) is 0.130. The topological polar surface area (TPSA) is 73.6 Å². The number of ether oxygens (including phenoxy) is 2. The largest absolute Gasteiger partial charge is 1.00 e. The Bertz CT molecular complexity index is 1190. The van der Waals surface area contributed by atoms with Gasteiger partial charge in [-0.25, -0.2) is 4.98 Å². The molecule has 0 atom stereocenters. The maximum absolute atomic E-state index is 10.9. The average Bonchev–Trinajstić information content (AvgIpc) is 3.16. The number of hydrogen-bond donors (Lipinski definition) is 1. The molecule has 3 aromatic carbocycles. The zero-order valence-electron chi connectivity index (χ0n) is 18.1. The van der Waals surface area contributed by atoms with Crippen LogP contribution in [0.5, 0.6) is 11.5 Å². The number of nitrogens with zero attached hydrogens (tertiary/aromatic N) is 2. The Morgan fingerprint density at radius 1 is 1.03 bits per heavy atom. The zero-order chi connectivity index (χ0) is 20.4. The minimum Gasteiger partial charge on any atom is -1.00 e. The molecule has 0 saturated carbocycles. The molecule has 1 heterocycles. The monoisotopic (exact) mass is 396 g/mol. The fourth-order valence-electron chi connectivity index (χ4n) is 3.37. The van der Waals surface area contributed by atoms with Gasteiger partial charge in [0.15, 0.2) is 0 Å². The second kappa shape index (κ2) is 9.08. The molecule has 0 aliphatic rings. The Labute approximate surface area is 187 Å². The van der Waals surface area contributed by atoms with Gasteiger partial charge in [-0.15, -0.1) is 0 Å². The Hall–Kier alpha value is -3.20. The smallest absolute Gasteiger partial charge is 1.00 e. The van der Waals surface area contributed by atoms with Gasteiger partial charge in [0.25, 0.3) is 0 Å². The third-order valence-corrected chi connectivity index (χ3v) is 4.84. The number of aromatic nitrogens is 2. The molecule has 7 heteroatoms. The van der Waals surface area contributed by atoms with Crippen molar-refractivity contribution in [3.63, 3.8) is 0 Å². The molecule has 0 unspecified atom stereocenters. The van der Waals surface area contributed by atoms with Crippen LogP contribution < -0.4 is 28.3 Å². The van der Waals surface area contributed by atoms with E-state index in [2.05, 4.69) is 4.98 Å². The van der Waals surface area contributed by atoms with E-state index in [9.17, 15) is 4.79 Å². The van der Waals surface area contributed by atoms with Crippen LogP contribution in [0.25, 0.3) is 27.8 Å². The Morgan fingerprint density at radius 2 is 1.80 bits per heavy atom. The van der Waals surface area contributed by atoms with Gasteiger partial charge in [0, 0.05) is 17.3 Å². The normalized spacial score (nSPS) is 10.5. The van der Waals surface area contributed by atoms with E-state index in [0.29, 0.717) is 0 Å². The van der Waals surface area contributed by atoms with Crippen molar-refractivity contribution in [1.82, 2.24) is 9.55 Å². The molecule has 1 N–H and O–H groups in total. The quantitative estimate of drug-likeness (QED) is 0.500. The third kappa shape index (κ3) is 4.20. The number of fused-ring (bicyclic) bond motifs is 1. The predicted octanol–water partition coefficient (Wildman–Crippen LogP) is 1.45. The summed E-state index contributed by atoms with van der Waals surface area (Å²) in [4.78, 5) is 15.4.